The number of aromatic nitrogens is 1. The second-order valence-electron chi connectivity index (χ2n) is 9.11. The number of anilines is 1. The van der Waals surface area contributed by atoms with Crippen LogP contribution in [0.5, 0.6) is 5.75 Å². The van der Waals surface area contributed by atoms with Crippen LogP contribution in [0, 0.1) is 5.82 Å². The second-order valence-corrected chi connectivity index (χ2v) is 9.52. The Morgan fingerprint density at radius 1 is 1.14 bits per heavy atom. The van der Waals surface area contributed by atoms with Crippen molar-refractivity contribution in [1.29, 1.82) is 0 Å². The molecule has 1 aromatic heterocycles. The molecule has 0 spiro atoms. The van der Waals surface area contributed by atoms with Crippen LogP contribution in [0.2, 0.25) is 5.02 Å². The highest BCUT2D eigenvalue weighted by Crippen LogP contribution is 2.36. The van der Waals surface area contributed by atoms with Crippen molar-refractivity contribution in [3.8, 4) is 16.9 Å². The molecule has 4 rings (SSSR count). The average Bonchev–Trinajstić information content (AvgIpc) is 2.83. The number of fused-ring (bicyclic) bond motifs is 1. The van der Waals surface area contributed by atoms with E-state index in [-0.39, 0.29) is 28.8 Å². The number of nitrogens with zero attached hydrogens (tertiary/aromatic N) is 1. The van der Waals surface area contributed by atoms with E-state index >= 15 is 0 Å². The number of hydrogen-bond donors (Lipinski definition) is 4. The van der Waals surface area contributed by atoms with Crippen LogP contribution < -0.4 is 16.4 Å². The number of rotatable bonds is 6. The molecule has 9 heteroatoms. The quantitative estimate of drug-likeness (QED) is 0.363. The van der Waals surface area contributed by atoms with E-state index in [4.69, 9.17) is 17.3 Å². The molecular formula is C26H28ClFN4O3. The largest absolute Gasteiger partial charge is 0.504 e. The summed E-state index contributed by atoms with van der Waals surface area (Å²) < 4.78 is 14.1. The van der Waals surface area contributed by atoms with E-state index in [2.05, 4.69) is 15.6 Å². The predicted octanol–water partition coefficient (Wildman–Crippen LogP) is 4.79. The highest BCUT2D eigenvalue weighted by atomic mass is 35.5. The van der Waals surface area contributed by atoms with Crippen molar-refractivity contribution in [3.05, 3.63) is 52.9 Å². The van der Waals surface area contributed by atoms with E-state index in [1.165, 1.54) is 19.1 Å². The lowest BCUT2D eigenvalue weighted by Crippen LogP contribution is -2.46. The standard InChI is InChI=1S/C26H28ClFN4O3/c1-13(29)26(35)32-18-6-4-17(5-7-18)31-24-19-9-15(16-10-21(27)25(34)22(28)11-16)3-8-23(19)30-12-20(24)14(2)33/h3,8-13,17-18,34H,4-7,29H2,1-2H3,(H,30,31)(H,32,35)/t13-,17?,18?/m0/s1. The van der Waals surface area contributed by atoms with Crippen LogP contribution in [-0.2, 0) is 4.79 Å². The maximum Gasteiger partial charge on any atom is 0.236 e. The summed E-state index contributed by atoms with van der Waals surface area (Å²) in [5.74, 6) is -1.68. The minimum absolute atomic E-state index is 0.0776. The molecule has 1 aliphatic carbocycles. The number of amides is 1. The monoisotopic (exact) mass is 498 g/mol. The van der Waals surface area contributed by atoms with Crippen LogP contribution in [0.25, 0.3) is 22.0 Å². The van der Waals surface area contributed by atoms with Crippen LogP contribution >= 0.6 is 11.6 Å². The smallest absolute Gasteiger partial charge is 0.236 e. The number of ketones is 1. The van der Waals surface area contributed by atoms with Crippen molar-refractivity contribution >= 4 is 39.9 Å². The number of phenolic OH excluding ortho intramolecular Hbond substituents is 1. The van der Waals surface area contributed by atoms with Gasteiger partial charge in [0.1, 0.15) is 0 Å². The Labute approximate surface area is 207 Å². The number of pyridine rings is 1. The van der Waals surface area contributed by atoms with Crippen LogP contribution in [-0.4, -0.2) is 39.9 Å². The van der Waals surface area contributed by atoms with Crippen LogP contribution in [0.4, 0.5) is 10.1 Å². The first-order chi connectivity index (χ1) is 16.6. The van der Waals surface area contributed by atoms with E-state index in [0.717, 1.165) is 31.1 Å². The molecule has 1 aliphatic rings. The molecule has 1 atom stereocenters. The van der Waals surface area contributed by atoms with Gasteiger partial charge in [0.25, 0.3) is 0 Å². The molecule has 184 valence electrons. The lowest BCUT2D eigenvalue weighted by molar-refractivity contribution is -0.122. The molecular weight excluding hydrogens is 471 g/mol. The summed E-state index contributed by atoms with van der Waals surface area (Å²) in [6, 6.07) is 7.79. The molecule has 0 radical (unpaired) electrons. The van der Waals surface area contributed by atoms with Gasteiger partial charge < -0.3 is 21.5 Å². The fourth-order valence-corrected chi connectivity index (χ4v) is 4.65. The number of phenols is 1. The molecule has 1 fully saturated rings. The highest BCUT2D eigenvalue weighted by molar-refractivity contribution is 6.32. The van der Waals surface area contributed by atoms with E-state index in [1.54, 1.807) is 25.3 Å². The molecule has 0 aliphatic heterocycles. The van der Waals surface area contributed by atoms with Crippen molar-refractivity contribution in [3.63, 3.8) is 0 Å². The number of hydrogen-bond acceptors (Lipinski definition) is 6. The van der Waals surface area contributed by atoms with Crippen LogP contribution in [0.3, 0.4) is 0 Å². The zero-order valence-corrected chi connectivity index (χ0v) is 20.3. The van der Waals surface area contributed by atoms with Gasteiger partial charge in [-0.3, -0.25) is 14.6 Å². The lowest BCUT2D eigenvalue weighted by atomic mass is 9.90. The van der Waals surface area contributed by atoms with E-state index < -0.39 is 17.6 Å². The van der Waals surface area contributed by atoms with E-state index in [0.29, 0.717) is 27.9 Å². The van der Waals surface area contributed by atoms with Crippen molar-refractivity contribution in [2.75, 3.05) is 5.32 Å². The third-order valence-electron chi connectivity index (χ3n) is 6.43. The summed E-state index contributed by atoms with van der Waals surface area (Å²) in [7, 11) is 0. The van der Waals surface area contributed by atoms with Crippen molar-refractivity contribution < 1.29 is 19.1 Å². The Balaban J connectivity index is 1.65. The van der Waals surface area contributed by atoms with Gasteiger partial charge in [-0.1, -0.05) is 17.7 Å². The Morgan fingerprint density at radius 2 is 1.83 bits per heavy atom. The molecule has 3 aromatic rings. The number of carbonyl (C=O) groups is 2. The van der Waals surface area contributed by atoms with Crippen molar-refractivity contribution in [2.45, 2.75) is 57.7 Å². The summed E-state index contributed by atoms with van der Waals surface area (Å²) in [5, 5.41) is 16.8. The Bertz CT molecular complexity index is 1270. The molecule has 2 aromatic carbocycles. The van der Waals surface area contributed by atoms with Gasteiger partial charge in [0.15, 0.2) is 17.3 Å². The van der Waals surface area contributed by atoms with E-state index in [9.17, 15) is 19.1 Å². The first-order valence-electron chi connectivity index (χ1n) is 11.6. The molecule has 7 nitrogen and oxygen atoms in total. The van der Waals surface area contributed by atoms with Gasteiger partial charge in [0, 0.05) is 23.7 Å². The SMILES string of the molecule is CC(=O)c1cnc2ccc(-c3cc(F)c(O)c(Cl)c3)cc2c1NC1CCC(NC(=O)[C@H](C)N)CC1. The fourth-order valence-electron chi connectivity index (χ4n) is 4.45. The first-order valence-corrected chi connectivity index (χ1v) is 12.0. The van der Waals surface area contributed by atoms with E-state index in [1.807, 2.05) is 6.07 Å². The average molecular weight is 499 g/mol. The van der Waals surface area contributed by atoms with Gasteiger partial charge in [0.05, 0.1) is 27.8 Å². The number of aromatic hydroxyl groups is 1. The molecule has 35 heavy (non-hydrogen) atoms. The van der Waals surface area contributed by atoms with Crippen LogP contribution in [0.1, 0.15) is 49.9 Å². The maximum absolute atomic E-state index is 14.1. The topological polar surface area (TPSA) is 117 Å². The summed E-state index contributed by atoms with van der Waals surface area (Å²) in [6.07, 6.45) is 4.78. The molecule has 0 unspecified atom stereocenters. The van der Waals surface area contributed by atoms with Gasteiger partial charge in [0.2, 0.25) is 5.91 Å². The molecule has 1 heterocycles. The summed E-state index contributed by atoms with van der Waals surface area (Å²) in [5.41, 5.74) is 8.66. The zero-order chi connectivity index (χ0) is 25.3. The fraction of sp³-hybridized carbons (Fsp3) is 0.346. The van der Waals surface area contributed by atoms with Gasteiger partial charge in [-0.2, -0.15) is 0 Å². The molecule has 1 saturated carbocycles. The third kappa shape index (κ3) is 5.39. The molecule has 5 N–H and O–H groups in total. The third-order valence-corrected chi connectivity index (χ3v) is 6.72. The number of halogens is 2. The zero-order valence-electron chi connectivity index (χ0n) is 19.6. The Hall–Kier alpha value is -3.23. The maximum atomic E-state index is 14.1. The molecule has 1 amide bonds. The lowest BCUT2D eigenvalue weighted by Gasteiger charge is -2.31. The number of benzene rings is 2. The van der Waals surface area contributed by atoms with Crippen LogP contribution in [0.15, 0.2) is 36.5 Å². The molecule has 0 bridgehead atoms. The predicted molar refractivity (Wildman–Crippen MR) is 135 cm³/mol. The normalized spacial score (nSPS) is 18.8. The highest BCUT2D eigenvalue weighted by Gasteiger charge is 2.25. The molecule has 0 saturated heterocycles. The van der Waals surface area contributed by atoms with Gasteiger partial charge >= 0.3 is 0 Å². The number of Topliss-reactive ketones (excluding diaryl/α,β-unsaturated/α-hetero) is 1. The van der Waals surface area contributed by atoms with Crippen molar-refractivity contribution in [1.82, 2.24) is 10.3 Å². The Morgan fingerprint density at radius 3 is 2.46 bits per heavy atom. The van der Waals surface area contributed by atoms with Gasteiger partial charge in [-0.25, -0.2) is 4.39 Å². The summed E-state index contributed by atoms with van der Waals surface area (Å²) >= 11 is 5.98. The second kappa shape index (κ2) is 10.2. The first kappa shape index (κ1) is 24.9. The number of nitrogens with two attached hydrogens (primary N) is 1. The minimum Gasteiger partial charge on any atom is -0.504 e. The number of carbonyl (C=O) groups excluding carboxylic acids is 2. The minimum atomic E-state index is -0.811. The van der Waals surface area contributed by atoms with Gasteiger partial charge in [-0.05, 0) is 74.9 Å². The Kier molecular flexibility index (Phi) is 7.23. The van der Waals surface area contributed by atoms with Crippen molar-refractivity contribution in [2.24, 2.45) is 5.73 Å². The van der Waals surface area contributed by atoms with Gasteiger partial charge in [-0.15, -0.1) is 0 Å². The summed E-state index contributed by atoms with van der Waals surface area (Å²) in [4.78, 5) is 28.8. The summed E-state index contributed by atoms with van der Waals surface area (Å²) in [6.45, 7) is 3.16. The number of nitrogens with one attached hydrogen (secondary N) is 2.